The summed E-state index contributed by atoms with van der Waals surface area (Å²) < 4.78 is 0. The molecule has 0 amide bonds. The van der Waals surface area contributed by atoms with Gasteiger partial charge in [-0.05, 0) is 25.8 Å². The molecule has 0 unspecified atom stereocenters. The molecule has 0 bridgehead atoms. The Kier molecular flexibility index (Phi) is 5.26. The molecule has 0 radical (unpaired) electrons. The van der Waals surface area contributed by atoms with Gasteiger partial charge in [-0.3, -0.25) is 0 Å². The first-order valence-electron chi connectivity index (χ1n) is 6.45. The summed E-state index contributed by atoms with van der Waals surface area (Å²) in [6, 6.07) is 0. The van der Waals surface area contributed by atoms with Crippen molar-refractivity contribution in [1.29, 1.82) is 0 Å². The van der Waals surface area contributed by atoms with Crippen molar-refractivity contribution < 1.29 is 0 Å². The molecule has 1 aromatic rings. The average Bonchev–Trinajstić information content (AvgIpc) is 2.96. The molecule has 1 aromatic heterocycles. The summed E-state index contributed by atoms with van der Waals surface area (Å²) in [5.74, 6) is 1.48. The molecule has 96 valence electrons. The molecular weight excluding hydrogens is 252 g/mol. The van der Waals surface area contributed by atoms with E-state index in [-0.39, 0.29) is 0 Å². The topological polar surface area (TPSA) is 16.1 Å². The second-order valence-electron chi connectivity index (χ2n) is 5.03. The van der Waals surface area contributed by atoms with Crippen LogP contribution in [-0.4, -0.2) is 30.0 Å². The van der Waals surface area contributed by atoms with Crippen molar-refractivity contribution in [2.45, 2.75) is 38.0 Å². The van der Waals surface area contributed by atoms with Crippen molar-refractivity contribution >= 4 is 22.9 Å². The summed E-state index contributed by atoms with van der Waals surface area (Å²) in [6.45, 7) is 2.37. The minimum absolute atomic E-state index is 0.536. The Morgan fingerprint density at radius 2 is 2.24 bits per heavy atom. The predicted molar refractivity (Wildman–Crippen MR) is 74.8 cm³/mol. The second-order valence-corrected chi connectivity index (χ2v) is 6.24. The third-order valence-corrected chi connectivity index (χ3v) is 4.72. The van der Waals surface area contributed by atoms with Crippen LogP contribution in [0.5, 0.6) is 0 Å². The van der Waals surface area contributed by atoms with Gasteiger partial charge in [0.05, 0.1) is 16.6 Å². The highest BCUT2D eigenvalue weighted by Gasteiger charge is 2.16. The zero-order chi connectivity index (χ0) is 12.1. The fourth-order valence-electron chi connectivity index (χ4n) is 2.54. The van der Waals surface area contributed by atoms with Gasteiger partial charge in [-0.25, -0.2) is 4.98 Å². The highest BCUT2D eigenvalue weighted by Crippen LogP contribution is 2.25. The zero-order valence-electron chi connectivity index (χ0n) is 10.5. The Bertz CT molecular complexity index is 334. The van der Waals surface area contributed by atoms with Crippen molar-refractivity contribution in [2.75, 3.05) is 20.1 Å². The Hall–Kier alpha value is -0.120. The Balaban J connectivity index is 1.69. The maximum atomic E-state index is 5.75. The molecule has 17 heavy (non-hydrogen) atoms. The largest absolute Gasteiger partial charge is 0.306 e. The maximum absolute atomic E-state index is 5.75. The number of rotatable bonds is 6. The van der Waals surface area contributed by atoms with Crippen LogP contribution in [0.15, 0.2) is 5.38 Å². The number of halogens is 1. The number of aromatic nitrogens is 1. The molecule has 2 rings (SSSR count). The van der Waals surface area contributed by atoms with E-state index in [0.717, 1.165) is 24.6 Å². The van der Waals surface area contributed by atoms with Crippen molar-refractivity contribution in [2.24, 2.45) is 5.92 Å². The minimum atomic E-state index is 0.536. The van der Waals surface area contributed by atoms with Crippen LogP contribution in [0.3, 0.4) is 0 Å². The molecule has 2 nitrogen and oxygen atoms in total. The van der Waals surface area contributed by atoms with E-state index in [9.17, 15) is 0 Å². The number of nitrogens with zero attached hydrogens (tertiary/aromatic N) is 2. The fourth-order valence-corrected chi connectivity index (χ4v) is 3.55. The van der Waals surface area contributed by atoms with Gasteiger partial charge in [-0.2, -0.15) is 0 Å². The molecule has 1 aliphatic carbocycles. The quantitative estimate of drug-likeness (QED) is 0.737. The molecule has 0 saturated heterocycles. The lowest BCUT2D eigenvalue weighted by atomic mass is 10.1. The van der Waals surface area contributed by atoms with E-state index < -0.39 is 0 Å². The van der Waals surface area contributed by atoms with Gasteiger partial charge in [0, 0.05) is 24.9 Å². The first-order valence-corrected chi connectivity index (χ1v) is 7.87. The lowest BCUT2D eigenvalue weighted by Gasteiger charge is -2.19. The summed E-state index contributed by atoms with van der Waals surface area (Å²) in [4.78, 5) is 6.95. The smallest absolute Gasteiger partial charge is 0.0941 e. The molecule has 0 aliphatic heterocycles. The lowest BCUT2D eigenvalue weighted by Crippen LogP contribution is -2.26. The van der Waals surface area contributed by atoms with Gasteiger partial charge in [0.25, 0.3) is 0 Å². The van der Waals surface area contributed by atoms with E-state index >= 15 is 0 Å². The number of thiazole rings is 1. The summed E-state index contributed by atoms with van der Waals surface area (Å²) in [5.41, 5.74) is 1.02. The first-order chi connectivity index (χ1) is 8.28. The van der Waals surface area contributed by atoms with Gasteiger partial charge in [-0.15, -0.1) is 22.9 Å². The molecular formula is C13H21ClN2S. The van der Waals surface area contributed by atoms with Gasteiger partial charge in [0.1, 0.15) is 0 Å². The molecule has 1 fully saturated rings. The van der Waals surface area contributed by atoms with E-state index in [1.807, 2.05) is 0 Å². The summed E-state index contributed by atoms with van der Waals surface area (Å²) in [5, 5.41) is 3.29. The van der Waals surface area contributed by atoms with E-state index in [2.05, 4.69) is 22.3 Å². The summed E-state index contributed by atoms with van der Waals surface area (Å²) in [6.07, 6.45) is 6.79. The van der Waals surface area contributed by atoms with Crippen LogP contribution in [-0.2, 0) is 12.3 Å². The lowest BCUT2D eigenvalue weighted by molar-refractivity contribution is 0.281. The van der Waals surface area contributed by atoms with Crippen molar-refractivity contribution in [3.05, 3.63) is 16.1 Å². The van der Waals surface area contributed by atoms with E-state index in [1.54, 1.807) is 11.3 Å². The predicted octanol–water partition coefficient (Wildman–Crippen LogP) is 3.55. The molecule has 1 heterocycles. The highest BCUT2D eigenvalue weighted by molar-refractivity contribution is 7.09. The van der Waals surface area contributed by atoms with E-state index in [4.69, 9.17) is 11.6 Å². The van der Waals surface area contributed by atoms with Crippen molar-refractivity contribution in [3.63, 3.8) is 0 Å². The molecule has 0 N–H and O–H groups in total. The SMILES string of the molecule is CN(CCc1nc(CCl)cs1)CC1CCCC1. The van der Waals surface area contributed by atoms with Gasteiger partial charge in [-0.1, -0.05) is 12.8 Å². The summed E-state index contributed by atoms with van der Waals surface area (Å²) >= 11 is 7.49. The monoisotopic (exact) mass is 272 g/mol. The molecule has 4 heteroatoms. The highest BCUT2D eigenvalue weighted by atomic mass is 35.5. The van der Waals surface area contributed by atoms with Crippen molar-refractivity contribution in [3.8, 4) is 0 Å². The van der Waals surface area contributed by atoms with Gasteiger partial charge in [0.2, 0.25) is 0 Å². The van der Waals surface area contributed by atoms with Crippen LogP contribution in [0.2, 0.25) is 0 Å². The second kappa shape index (κ2) is 6.72. The van der Waals surface area contributed by atoms with Crippen LogP contribution >= 0.6 is 22.9 Å². The van der Waals surface area contributed by atoms with Gasteiger partial charge < -0.3 is 4.90 Å². The van der Waals surface area contributed by atoms with Crippen LogP contribution < -0.4 is 0 Å². The molecule has 1 aliphatic rings. The Morgan fingerprint density at radius 1 is 1.47 bits per heavy atom. The van der Waals surface area contributed by atoms with Crippen LogP contribution in [0, 0.1) is 5.92 Å². The number of likely N-dealkylation sites (N-methyl/N-ethyl adjacent to an activating group) is 1. The molecule has 0 aromatic carbocycles. The standard InChI is InChI=1S/C13H21ClN2S/c1-16(9-11-4-2-3-5-11)7-6-13-15-12(8-14)10-17-13/h10-11H,2-9H2,1H3. The molecule has 0 spiro atoms. The van der Waals surface area contributed by atoms with Gasteiger partial charge in [0.15, 0.2) is 0 Å². The number of alkyl halides is 1. The average molecular weight is 273 g/mol. The van der Waals surface area contributed by atoms with Crippen LogP contribution in [0.4, 0.5) is 0 Å². The maximum Gasteiger partial charge on any atom is 0.0941 e. The Labute approximate surface area is 113 Å². The molecule has 1 saturated carbocycles. The van der Waals surface area contributed by atoms with Crippen molar-refractivity contribution in [1.82, 2.24) is 9.88 Å². The van der Waals surface area contributed by atoms with Gasteiger partial charge >= 0.3 is 0 Å². The first kappa shape index (κ1) is 13.3. The van der Waals surface area contributed by atoms with Crippen LogP contribution in [0.1, 0.15) is 36.4 Å². The summed E-state index contributed by atoms with van der Waals surface area (Å²) in [7, 11) is 2.23. The van der Waals surface area contributed by atoms with Crippen LogP contribution in [0.25, 0.3) is 0 Å². The fraction of sp³-hybridized carbons (Fsp3) is 0.769. The number of hydrogen-bond donors (Lipinski definition) is 0. The normalized spacial score (nSPS) is 17.1. The zero-order valence-corrected chi connectivity index (χ0v) is 12.1. The van der Waals surface area contributed by atoms with E-state index in [0.29, 0.717) is 5.88 Å². The van der Waals surface area contributed by atoms with E-state index in [1.165, 1.54) is 37.2 Å². The minimum Gasteiger partial charge on any atom is -0.306 e. The molecule has 0 atom stereocenters. The Morgan fingerprint density at radius 3 is 2.88 bits per heavy atom. The third kappa shape index (κ3) is 4.23. The third-order valence-electron chi connectivity index (χ3n) is 3.49. The number of hydrogen-bond acceptors (Lipinski definition) is 3.